The largest absolute Gasteiger partial charge is 0.455 e. The third-order valence-corrected chi connectivity index (χ3v) is 11.5. The first-order chi connectivity index (χ1) is 28.3. The lowest BCUT2D eigenvalue weighted by atomic mass is 9.96. The average Bonchev–Trinajstić information content (AvgIpc) is 3.97. The van der Waals surface area contributed by atoms with Crippen LogP contribution in [0.5, 0.6) is 0 Å². The van der Waals surface area contributed by atoms with Crippen LogP contribution in [0.25, 0.3) is 82.5 Å². The van der Waals surface area contributed by atoms with Gasteiger partial charge in [-0.05, 0) is 41.5 Å². The molecule has 2 N–H and O–H groups in total. The lowest BCUT2D eigenvalue weighted by Gasteiger charge is -2.32. The van der Waals surface area contributed by atoms with E-state index in [1.54, 1.807) is 0 Å². The second kappa shape index (κ2) is 12.6. The molecule has 1 aliphatic heterocycles. The summed E-state index contributed by atoms with van der Waals surface area (Å²) in [5, 5.41) is 14.2. The number of furan rings is 2. The van der Waals surface area contributed by atoms with Crippen molar-refractivity contribution in [3.8, 4) is 16.8 Å². The zero-order valence-corrected chi connectivity index (χ0v) is 30.7. The predicted octanol–water partition coefficient (Wildman–Crippen LogP) is 12.6. The molecule has 270 valence electrons. The van der Waals surface area contributed by atoms with E-state index in [4.69, 9.17) is 13.8 Å². The number of nitrogens with zero attached hydrogens (tertiary/aromatic N) is 2. The van der Waals surface area contributed by atoms with E-state index >= 15 is 0 Å². The van der Waals surface area contributed by atoms with Gasteiger partial charge in [-0.3, -0.25) is 5.32 Å². The van der Waals surface area contributed by atoms with Crippen LogP contribution >= 0.6 is 0 Å². The number of aromatic nitrogens is 1. The summed E-state index contributed by atoms with van der Waals surface area (Å²) in [5.41, 5.74) is 12.0. The highest BCUT2D eigenvalue weighted by molar-refractivity contribution is 6.19. The highest BCUT2D eigenvalue weighted by atomic mass is 16.3. The number of rotatable bonds is 5. The zero-order valence-electron chi connectivity index (χ0n) is 30.7. The van der Waals surface area contributed by atoms with E-state index in [1.807, 2.05) is 12.1 Å². The number of amidine groups is 1. The van der Waals surface area contributed by atoms with Gasteiger partial charge in [-0.25, -0.2) is 4.99 Å². The molecule has 6 heteroatoms. The van der Waals surface area contributed by atoms with Gasteiger partial charge in [0.05, 0.1) is 16.7 Å². The van der Waals surface area contributed by atoms with E-state index in [0.29, 0.717) is 0 Å². The van der Waals surface area contributed by atoms with Crippen LogP contribution in [0.2, 0.25) is 0 Å². The summed E-state index contributed by atoms with van der Waals surface area (Å²) in [6, 6.07) is 63.5. The number of fused-ring (bicyclic) bond motifs is 9. The summed E-state index contributed by atoms with van der Waals surface area (Å²) in [4.78, 5) is 5.14. The van der Waals surface area contributed by atoms with Gasteiger partial charge in [0.2, 0.25) is 0 Å². The Labute approximate surface area is 327 Å². The highest BCUT2D eigenvalue weighted by Crippen LogP contribution is 2.45. The third kappa shape index (κ3) is 4.91. The van der Waals surface area contributed by atoms with Crippen LogP contribution in [0, 0.1) is 0 Å². The van der Waals surface area contributed by atoms with E-state index in [9.17, 15) is 0 Å². The Balaban J connectivity index is 1.03. The summed E-state index contributed by atoms with van der Waals surface area (Å²) >= 11 is 0. The van der Waals surface area contributed by atoms with Crippen LogP contribution in [0.4, 0.5) is 0 Å². The molecule has 0 amide bonds. The van der Waals surface area contributed by atoms with Gasteiger partial charge in [0.1, 0.15) is 34.9 Å². The average molecular weight is 735 g/mol. The standard InChI is InChI=1S/C51H34N4O2/c1-3-15-31(16-4-1)49-52-50(32-17-5-2-6-18-32)54-51(53-49)39-25-14-30-44-46(39)37-23-11-22-36(47(37)56-44)35-21-13-29-43-45(35)38-24-12-28-42(48(38)57-43)55-40-26-9-7-19-33(40)34-20-8-10-27-41(34)55/h1-30,49,51,53H,(H,52,54). The highest BCUT2D eigenvalue weighted by Gasteiger charge is 2.28. The molecule has 0 fully saturated rings. The molecule has 2 atom stereocenters. The number of benzene rings is 8. The topological polar surface area (TPSA) is 67.6 Å². The van der Waals surface area contributed by atoms with E-state index in [0.717, 1.165) is 94.3 Å². The van der Waals surface area contributed by atoms with Crippen molar-refractivity contribution in [1.82, 2.24) is 15.2 Å². The normalized spacial score (nSPS) is 15.9. The minimum absolute atomic E-state index is 0.239. The van der Waals surface area contributed by atoms with Crippen LogP contribution in [-0.2, 0) is 0 Å². The molecular formula is C51H34N4O2. The second-order valence-corrected chi connectivity index (χ2v) is 14.7. The molecule has 3 aromatic heterocycles. The molecule has 0 aliphatic carbocycles. The Morgan fingerprint density at radius 1 is 0.474 bits per heavy atom. The molecule has 0 saturated carbocycles. The Kier molecular flexibility index (Phi) is 7.03. The van der Waals surface area contributed by atoms with Gasteiger partial charge in [0, 0.05) is 49.0 Å². The maximum atomic E-state index is 6.89. The summed E-state index contributed by atoms with van der Waals surface area (Å²) in [7, 11) is 0. The molecule has 12 rings (SSSR count). The second-order valence-electron chi connectivity index (χ2n) is 14.7. The number of hydrogen-bond acceptors (Lipinski definition) is 5. The van der Waals surface area contributed by atoms with Crippen molar-refractivity contribution in [3.05, 3.63) is 199 Å². The Morgan fingerprint density at radius 2 is 1.05 bits per heavy atom. The number of para-hydroxylation sites is 4. The van der Waals surface area contributed by atoms with Crippen LogP contribution in [0.3, 0.4) is 0 Å². The fourth-order valence-corrected chi connectivity index (χ4v) is 9.01. The van der Waals surface area contributed by atoms with Crippen molar-refractivity contribution in [2.75, 3.05) is 0 Å². The van der Waals surface area contributed by atoms with E-state index < -0.39 is 0 Å². The number of hydrogen-bond donors (Lipinski definition) is 2. The van der Waals surface area contributed by atoms with E-state index in [2.05, 4.69) is 185 Å². The molecular weight excluding hydrogens is 701 g/mol. The predicted molar refractivity (Wildman–Crippen MR) is 232 cm³/mol. The lowest BCUT2D eigenvalue weighted by Crippen LogP contribution is -2.45. The molecule has 1 aliphatic rings. The van der Waals surface area contributed by atoms with Gasteiger partial charge in [-0.1, -0.05) is 152 Å². The molecule has 0 bridgehead atoms. The van der Waals surface area contributed by atoms with E-state index in [-0.39, 0.29) is 12.3 Å². The van der Waals surface area contributed by atoms with Crippen molar-refractivity contribution in [1.29, 1.82) is 0 Å². The van der Waals surface area contributed by atoms with Gasteiger partial charge in [0.15, 0.2) is 5.58 Å². The lowest BCUT2D eigenvalue weighted by molar-refractivity contribution is 0.411. The molecule has 8 aromatic carbocycles. The van der Waals surface area contributed by atoms with Crippen LogP contribution in [0.15, 0.2) is 196 Å². The Bertz CT molecular complexity index is 3320. The summed E-state index contributed by atoms with van der Waals surface area (Å²) in [5.74, 6) is 0.845. The first kappa shape index (κ1) is 31.9. The van der Waals surface area contributed by atoms with Crippen molar-refractivity contribution >= 4 is 71.5 Å². The first-order valence-electron chi connectivity index (χ1n) is 19.4. The van der Waals surface area contributed by atoms with Gasteiger partial charge in [-0.15, -0.1) is 0 Å². The monoisotopic (exact) mass is 734 g/mol. The maximum Gasteiger partial charge on any atom is 0.159 e. The molecule has 2 unspecified atom stereocenters. The molecule has 11 aromatic rings. The molecule has 0 radical (unpaired) electrons. The molecule has 6 nitrogen and oxygen atoms in total. The van der Waals surface area contributed by atoms with Crippen LogP contribution in [0.1, 0.15) is 29.0 Å². The fraction of sp³-hybridized carbons (Fsp3) is 0.0392. The van der Waals surface area contributed by atoms with E-state index in [1.165, 1.54) is 10.8 Å². The van der Waals surface area contributed by atoms with Gasteiger partial charge in [-0.2, -0.15) is 0 Å². The van der Waals surface area contributed by atoms with Crippen molar-refractivity contribution in [3.63, 3.8) is 0 Å². The quantitative estimate of drug-likeness (QED) is 0.185. The molecule has 4 heterocycles. The van der Waals surface area contributed by atoms with Gasteiger partial charge < -0.3 is 18.7 Å². The zero-order chi connectivity index (χ0) is 37.5. The number of aliphatic imine (C=N–C) groups is 1. The van der Waals surface area contributed by atoms with Crippen LogP contribution in [-0.4, -0.2) is 10.4 Å². The Morgan fingerprint density at radius 3 is 1.82 bits per heavy atom. The SMILES string of the molecule is c1ccc(C2=NC(c3ccccc3)NC(c3cccc4oc5c(-c6cccc7oc8c(-n9c%10ccccc%10c%10ccccc%109)cccc8c67)cccc5c34)N2)cc1. The summed E-state index contributed by atoms with van der Waals surface area (Å²) in [6.07, 6.45) is -0.479. The minimum Gasteiger partial charge on any atom is -0.455 e. The summed E-state index contributed by atoms with van der Waals surface area (Å²) < 4.78 is 16.1. The van der Waals surface area contributed by atoms with Gasteiger partial charge in [0.25, 0.3) is 0 Å². The van der Waals surface area contributed by atoms with Crippen LogP contribution < -0.4 is 10.6 Å². The number of nitrogens with one attached hydrogen (secondary N) is 2. The minimum atomic E-state index is -0.240. The van der Waals surface area contributed by atoms with Crippen molar-refractivity contribution < 1.29 is 8.83 Å². The van der Waals surface area contributed by atoms with Gasteiger partial charge >= 0.3 is 0 Å². The molecule has 57 heavy (non-hydrogen) atoms. The first-order valence-corrected chi connectivity index (χ1v) is 19.4. The summed E-state index contributed by atoms with van der Waals surface area (Å²) in [6.45, 7) is 0. The fourth-order valence-electron chi connectivity index (χ4n) is 9.01. The van der Waals surface area contributed by atoms with Crippen molar-refractivity contribution in [2.45, 2.75) is 12.3 Å². The third-order valence-electron chi connectivity index (χ3n) is 11.5. The smallest absolute Gasteiger partial charge is 0.159 e. The molecule has 0 saturated heterocycles. The Hall–Kier alpha value is -7.41. The van der Waals surface area contributed by atoms with Crippen molar-refractivity contribution in [2.24, 2.45) is 4.99 Å². The maximum absolute atomic E-state index is 6.89. The molecule has 0 spiro atoms.